The summed E-state index contributed by atoms with van der Waals surface area (Å²) in [6.07, 6.45) is 1.98. The smallest absolute Gasteiger partial charge is 0.220 e. The fourth-order valence-electron chi connectivity index (χ4n) is 4.33. The fraction of sp³-hybridized carbons (Fsp3) is 0.550. The number of aromatic nitrogens is 3. The van der Waals surface area contributed by atoms with E-state index in [0.717, 1.165) is 67.7 Å². The van der Waals surface area contributed by atoms with E-state index in [0.29, 0.717) is 6.54 Å². The summed E-state index contributed by atoms with van der Waals surface area (Å²) in [6, 6.07) is 5.90. The fourth-order valence-corrected chi connectivity index (χ4v) is 4.33. The monoisotopic (exact) mass is 385 g/mol. The number of hydrogen-bond acceptors (Lipinski definition) is 6. The molecule has 3 heterocycles. The largest absolute Gasteiger partial charge is 0.496 e. The number of nitrogens with zero attached hydrogens (tertiary/aromatic N) is 5. The van der Waals surface area contributed by atoms with Gasteiger partial charge in [0.05, 0.1) is 32.4 Å². The average molecular weight is 385 g/mol. The molecule has 2 aliphatic heterocycles. The quantitative estimate of drug-likeness (QED) is 0.784. The Kier molecular flexibility index (Phi) is 5.21. The number of likely N-dealkylation sites (tertiary alicyclic amines) is 1. The number of benzene rings is 1. The molecule has 0 saturated carbocycles. The van der Waals surface area contributed by atoms with Gasteiger partial charge in [-0.15, -0.1) is 10.2 Å². The van der Waals surface area contributed by atoms with Crippen LogP contribution in [-0.4, -0.2) is 57.8 Å². The molecule has 2 aromatic rings. The zero-order chi connectivity index (χ0) is 19.7. The Bertz CT molecular complexity index is 843. The minimum atomic E-state index is 0.0552. The zero-order valence-corrected chi connectivity index (χ0v) is 16.7. The lowest BCUT2D eigenvalue weighted by molar-refractivity contribution is -0.129. The topological polar surface area (TPSA) is 72.7 Å². The lowest BCUT2D eigenvalue weighted by Gasteiger charge is -2.30. The van der Waals surface area contributed by atoms with Gasteiger partial charge < -0.3 is 18.9 Å². The highest BCUT2D eigenvalue weighted by Gasteiger charge is 2.34. The Hall–Kier alpha value is -2.61. The first-order valence-corrected chi connectivity index (χ1v) is 9.73. The molecule has 0 spiro atoms. The molecule has 1 saturated heterocycles. The van der Waals surface area contributed by atoms with Gasteiger partial charge in [0.2, 0.25) is 5.91 Å². The molecule has 0 unspecified atom stereocenters. The number of methoxy groups -OCH3 is 2. The van der Waals surface area contributed by atoms with Crippen LogP contribution in [0, 0.1) is 0 Å². The van der Waals surface area contributed by atoms with Crippen LogP contribution in [0.15, 0.2) is 18.2 Å². The van der Waals surface area contributed by atoms with E-state index in [-0.39, 0.29) is 11.9 Å². The van der Waals surface area contributed by atoms with Crippen molar-refractivity contribution in [3.63, 3.8) is 0 Å². The van der Waals surface area contributed by atoms with Crippen LogP contribution >= 0.6 is 0 Å². The van der Waals surface area contributed by atoms with Crippen molar-refractivity contribution in [1.29, 1.82) is 0 Å². The average Bonchev–Trinajstić information content (AvgIpc) is 3.34. The molecule has 4 rings (SSSR count). The minimum Gasteiger partial charge on any atom is -0.496 e. The summed E-state index contributed by atoms with van der Waals surface area (Å²) in [6.45, 7) is 5.57. The van der Waals surface area contributed by atoms with Gasteiger partial charge in [0.15, 0.2) is 5.82 Å². The molecule has 1 atom stereocenters. The predicted octanol–water partition coefficient (Wildman–Crippen LogP) is 1.99. The third kappa shape index (κ3) is 3.32. The number of hydrogen-bond donors (Lipinski definition) is 0. The second-order valence-corrected chi connectivity index (χ2v) is 7.35. The van der Waals surface area contributed by atoms with Crippen molar-refractivity contribution < 1.29 is 14.3 Å². The number of carbonyl (C=O) groups is 1. The summed E-state index contributed by atoms with van der Waals surface area (Å²) in [5.41, 5.74) is 1.04. The van der Waals surface area contributed by atoms with E-state index in [4.69, 9.17) is 9.47 Å². The molecule has 28 heavy (non-hydrogen) atoms. The van der Waals surface area contributed by atoms with Gasteiger partial charge in [0.25, 0.3) is 0 Å². The summed E-state index contributed by atoms with van der Waals surface area (Å²) in [7, 11) is 3.36. The second-order valence-electron chi connectivity index (χ2n) is 7.35. The van der Waals surface area contributed by atoms with E-state index in [1.54, 1.807) is 21.1 Å². The number of ether oxygens (including phenoxy) is 2. The molecule has 150 valence electrons. The molecule has 0 bridgehead atoms. The summed E-state index contributed by atoms with van der Waals surface area (Å²) < 4.78 is 13.3. The molecule has 0 N–H and O–H groups in total. The van der Waals surface area contributed by atoms with E-state index < -0.39 is 0 Å². The van der Waals surface area contributed by atoms with Crippen LogP contribution in [-0.2, 0) is 24.4 Å². The van der Waals surface area contributed by atoms with Gasteiger partial charge in [-0.3, -0.25) is 9.69 Å². The maximum absolute atomic E-state index is 11.9. The number of rotatable bonds is 5. The van der Waals surface area contributed by atoms with Crippen LogP contribution in [0.2, 0.25) is 0 Å². The summed E-state index contributed by atoms with van der Waals surface area (Å²) in [4.78, 5) is 16.2. The van der Waals surface area contributed by atoms with Gasteiger partial charge in [0, 0.05) is 33.1 Å². The molecule has 1 aromatic carbocycles. The lowest BCUT2D eigenvalue weighted by Crippen LogP contribution is -2.36. The minimum absolute atomic E-state index is 0.0552. The lowest BCUT2D eigenvalue weighted by atomic mass is 10.1. The van der Waals surface area contributed by atoms with E-state index >= 15 is 0 Å². The van der Waals surface area contributed by atoms with Crippen molar-refractivity contribution in [3.8, 4) is 11.5 Å². The predicted molar refractivity (Wildman–Crippen MR) is 103 cm³/mol. The van der Waals surface area contributed by atoms with Gasteiger partial charge in [-0.25, -0.2) is 0 Å². The Morgan fingerprint density at radius 1 is 1.14 bits per heavy atom. The van der Waals surface area contributed by atoms with Crippen LogP contribution < -0.4 is 9.47 Å². The zero-order valence-electron chi connectivity index (χ0n) is 16.7. The maximum Gasteiger partial charge on any atom is 0.220 e. The van der Waals surface area contributed by atoms with Crippen molar-refractivity contribution in [2.45, 2.75) is 45.4 Å². The van der Waals surface area contributed by atoms with Crippen molar-refractivity contribution in [2.75, 3.05) is 27.3 Å². The van der Waals surface area contributed by atoms with Gasteiger partial charge in [-0.05, 0) is 25.0 Å². The molecule has 1 aromatic heterocycles. The SMILES string of the molecule is COc1cccc(OC)c1CN1CCn2c(nnc2[C@@H]2CCCN2C(C)=O)C1. The molecule has 0 aliphatic carbocycles. The van der Waals surface area contributed by atoms with Crippen LogP contribution in [0.4, 0.5) is 0 Å². The van der Waals surface area contributed by atoms with Gasteiger partial charge in [-0.2, -0.15) is 0 Å². The van der Waals surface area contributed by atoms with E-state index in [1.165, 1.54) is 0 Å². The van der Waals surface area contributed by atoms with Gasteiger partial charge in [0.1, 0.15) is 17.3 Å². The van der Waals surface area contributed by atoms with Crippen LogP contribution in [0.1, 0.15) is 43.0 Å². The highest BCUT2D eigenvalue weighted by atomic mass is 16.5. The van der Waals surface area contributed by atoms with Crippen molar-refractivity contribution in [3.05, 3.63) is 35.4 Å². The third-order valence-electron chi connectivity index (χ3n) is 5.73. The van der Waals surface area contributed by atoms with Crippen molar-refractivity contribution in [1.82, 2.24) is 24.6 Å². The molecule has 0 radical (unpaired) electrons. The first kappa shape index (κ1) is 18.7. The first-order valence-electron chi connectivity index (χ1n) is 9.73. The van der Waals surface area contributed by atoms with Crippen LogP contribution in [0.3, 0.4) is 0 Å². The van der Waals surface area contributed by atoms with Crippen LogP contribution in [0.25, 0.3) is 0 Å². The first-order chi connectivity index (χ1) is 13.6. The Balaban J connectivity index is 1.53. The number of carbonyl (C=O) groups excluding carboxylic acids is 1. The molecule has 2 aliphatic rings. The van der Waals surface area contributed by atoms with E-state index in [1.807, 2.05) is 23.1 Å². The van der Waals surface area contributed by atoms with Gasteiger partial charge >= 0.3 is 0 Å². The second kappa shape index (κ2) is 7.79. The van der Waals surface area contributed by atoms with Gasteiger partial charge in [-0.1, -0.05) is 6.07 Å². The normalized spacial score (nSPS) is 19.5. The van der Waals surface area contributed by atoms with Crippen LogP contribution in [0.5, 0.6) is 11.5 Å². The van der Waals surface area contributed by atoms with Crippen molar-refractivity contribution in [2.24, 2.45) is 0 Å². The summed E-state index contributed by atoms with van der Waals surface area (Å²) in [5, 5.41) is 8.91. The molecular formula is C20H27N5O3. The molecular weight excluding hydrogens is 358 g/mol. The highest BCUT2D eigenvalue weighted by Crippen LogP contribution is 2.33. The van der Waals surface area contributed by atoms with Crippen molar-refractivity contribution >= 4 is 5.91 Å². The summed E-state index contributed by atoms with van der Waals surface area (Å²) in [5.74, 6) is 3.65. The molecule has 8 nitrogen and oxygen atoms in total. The molecule has 1 fully saturated rings. The Morgan fingerprint density at radius 2 is 1.89 bits per heavy atom. The van der Waals surface area contributed by atoms with E-state index in [9.17, 15) is 4.79 Å². The summed E-state index contributed by atoms with van der Waals surface area (Å²) >= 11 is 0. The maximum atomic E-state index is 11.9. The number of fused-ring (bicyclic) bond motifs is 1. The Morgan fingerprint density at radius 3 is 2.57 bits per heavy atom. The number of amides is 1. The highest BCUT2D eigenvalue weighted by molar-refractivity contribution is 5.74. The van der Waals surface area contributed by atoms with E-state index in [2.05, 4.69) is 19.7 Å². The standard InChI is InChI=1S/C20H27N5O3/c1-14(26)24-9-5-6-16(24)20-22-21-19-13-23(10-11-25(19)20)12-15-17(27-2)7-4-8-18(15)28-3/h4,7-8,16H,5-6,9-13H2,1-3H3/t16-/m0/s1. The molecule has 8 heteroatoms. The third-order valence-corrected chi connectivity index (χ3v) is 5.73. The Labute approximate surface area is 165 Å². The molecule has 1 amide bonds.